The molecule has 0 aliphatic rings. The Kier molecular flexibility index (Phi) is 2.01. The highest BCUT2D eigenvalue weighted by Crippen LogP contribution is 2.01. The minimum absolute atomic E-state index is 0.0718. The molecule has 0 unspecified atom stereocenters. The summed E-state index contributed by atoms with van der Waals surface area (Å²) in [6.45, 7) is 0. The van der Waals surface area contributed by atoms with E-state index < -0.39 is 0 Å². The average Bonchev–Trinajstić information content (AvgIpc) is 2.36. The smallest absolute Gasteiger partial charge is 0.272 e. The molecule has 1 aromatic rings. The van der Waals surface area contributed by atoms with Crippen LogP contribution in [0.3, 0.4) is 0 Å². The van der Waals surface area contributed by atoms with Crippen molar-refractivity contribution in [2.45, 2.75) is 0 Å². The van der Waals surface area contributed by atoms with E-state index in [1.54, 1.807) is 19.5 Å². The summed E-state index contributed by atoms with van der Waals surface area (Å²) in [6, 6.07) is 0. The van der Waals surface area contributed by atoms with E-state index in [9.17, 15) is 4.79 Å². The average molecular weight is 155 g/mol. The maximum absolute atomic E-state index is 11.1. The van der Waals surface area contributed by atoms with E-state index in [0.29, 0.717) is 5.69 Å². The van der Waals surface area contributed by atoms with Crippen molar-refractivity contribution in [2.24, 2.45) is 0 Å². The highest BCUT2D eigenvalue weighted by atomic mass is 32.1. The third-order valence-electron chi connectivity index (χ3n) is 1.01. The minimum atomic E-state index is -0.0718. The van der Waals surface area contributed by atoms with Crippen molar-refractivity contribution in [1.29, 1.82) is 0 Å². The number of carbonyl (C=O) groups is 1. The minimum Gasteiger partial charge on any atom is -0.343 e. The maximum atomic E-state index is 11.1. The van der Waals surface area contributed by atoms with Crippen LogP contribution in [0.25, 0.3) is 0 Å². The summed E-state index contributed by atoms with van der Waals surface area (Å²) in [6.07, 6.45) is 0. The van der Waals surface area contributed by atoms with Gasteiger partial charge >= 0.3 is 0 Å². The highest BCUT2D eigenvalue weighted by molar-refractivity contribution is 7.07. The van der Waals surface area contributed by atoms with Gasteiger partial charge in [-0.2, -0.15) is 0 Å². The highest BCUT2D eigenvalue weighted by Gasteiger charge is 2.08. The zero-order chi connectivity index (χ0) is 7.56. The van der Waals surface area contributed by atoms with Gasteiger partial charge in [-0.05, 0) is 0 Å². The summed E-state index contributed by atoms with van der Waals surface area (Å²) in [5.74, 6) is -0.0718. The van der Waals surface area contributed by atoms with Crippen molar-refractivity contribution in [1.82, 2.24) is 9.88 Å². The number of rotatable bonds is 1. The molecule has 3 nitrogen and oxygen atoms in total. The first-order valence-corrected chi connectivity index (χ1v) is 3.63. The normalized spacial score (nSPS) is 9.40. The van der Waals surface area contributed by atoms with Crippen LogP contribution in [0.1, 0.15) is 10.5 Å². The van der Waals surface area contributed by atoms with Crippen molar-refractivity contribution in [3.05, 3.63) is 16.6 Å². The predicted octanol–water partition coefficient (Wildman–Crippen LogP) is 0.645. The van der Waals surface area contributed by atoms with Gasteiger partial charge in [0.15, 0.2) is 5.51 Å². The van der Waals surface area contributed by atoms with E-state index in [4.69, 9.17) is 0 Å². The molecule has 1 rings (SSSR count). The fraction of sp³-hybridized carbons (Fsp3) is 0.333. The van der Waals surface area contributed by atoms with Crippen LogP contribution < -0.4 is 0 Å². The standard InChI is InChI=1S/C6H7N2OS/c1-8(2)6(9)5-3-10-4-7-5/h3H,1-2H3. The molecule has 0 saturated carbocycles. The molecule has 0 fully saturated rings. The van der Waals surface area contributed by atoms with Gasteiger partial charge in [0.25, 0.3) is 5.91 Å². The largest absolute Gasteiger partial charge is 0.343 e. The van der Waals surface area contributed by atoms with E-state index in [2.05, 4.69) is 10.5 Å². The van der Waals surface area contributed by atoms with Gasteiger partial charge in [-0.3, -0.25) is 4.79 Å². The van der Waals surface area contributed by atoms with Crippen molar-refractivity contribution in [2.75, 3.05) is 14.1 Å². The Morgan fingerprint density at radius 2 is 2.50 bits per heavy atom. The second-order valence-corrected chi connectivity index (χ2v) is 2.68. The Morgan fingerprint density at radius 3 is 2.90 bits per heavy atom. The van der Waals surface area contributed by atoms with Crippen molar-refractivity contribution < 1.29 is 4.79 Å². The number of carbonyl (C=O) groups excluding carboxylic acids is 1. The van der Waals surface area contributed by atoms with Crippen molar-refractivity contribution in [3.8, 4) is 0 Å². The molecule has 0 spiro atoms. The van der Waals surface area contributed by atoms with Crippen LogP contribution in [0, 0.1) is 5.51 Å². The molecule has 10 heavy (non-hydrogen) atoms. The van der Waals surface area contributed by atoms with E-state index in [-0.39, 0.29) is 5.91 Å². The number of aromatic nitrogens is 1. The summed E-state index contributed by atoms with van der Waals surface area (Å²) in [7, 11) is 3.39. The van der Waals surface area contributed by atoms with Crippen LogP contribution in [0.4, 0.5) is 0 Å². The number of hydrogen-bond acceptors (Lipinski definition) is 3. The van der Waals surface area contributed by atoms with E-state index >= 15 is 0 Å². The molecule has 53 valence electrons. The molecule has 0 aliphatic heterocycles. The first-order chi connectivity index (χ1) is 4.72. The Hall–Kier alpha value is -0.900. The summed E-state index contributed by atoms with van der Waals surface area (Å²) in [5.41, 5.74) is 3.08. The molecule has 1 aromatic heterocycles. The fourth-order valence-electron chi connectivity index (χ4n) is 0.511. The number of amides is 1. The lowest BCUT2D eigenvalue weighted by Crippen LogP contribution is -2.21. The topological polar surface area (TPSA) is 33.2 Å². The number of hydrogen-bond donors (Lipinski definition) is 0. The second-order valence-electron chi connectivity index (χ2n) is 2.02. The van der Waals surface area contributed by atoms with Gasteiger partial charge in [0, 0.05) is 19.5 Å². The van der Waals surface area contributed by atoms with Gasteiger partial charge in [-0.1, -0.05) is 0 Å². The first kappa shape index (κ1) is 7.21. The van der Waals surface area contributed by atoms with E-state index in [1.807, 2.05) is 0 Å². The third-order valence-corrected chi connectivity index (χ3v) is 1.55. The van der Waals surface area contributed by atoms with Crippen LogP contribution >= 0.6 is 11.3 Å². The predicted molar refractivity (Wildman–Crippen MR) is 39.0 cm³/mol. The lowest BCUT2D eigenvalue weighted by Gasteiger charge is -2.05. The summed E-state index contributed by atoms with van der Waals surface area (Å²) >= 11 is 1.30. The van der Waals surface area contributed by atoms with Gasteiger partial charge in [-0.25, -0.2) is 4.98 Å². The van der Waals surface area contributed by atoms with Gasteiger partial charge < -0.3 is 4.90 Å². The molecule has 0 aromatic carbocycles. The molecule has 0 saturated heterocycles. The molecule has 4 heteroatoms. The SMILES string of the molecule is CN(C)C(=O)c1cs[c]n1. The molecule has 1 heterocycles. The summed E-state index contributed by atoms with van der Waals surface area (Å²) in [4.78, 5) is 16.3. The fourth-order valence-corrected chi connectivity index (χ4v) is 0.980. The molecule has 0 bridgehead atoms. The molecule has 1 radical (unpaired) electrons. The van der Waals surface area contributed by atoms with Gasteiger partial charge in [0.05, 0.1) is 0 Å². The summed E-state index contributed by atoms with van der Waals surface area (Å²) in [5, 5.41) is 1.68. The zero-order valence-corrected chi connectivity index (χ0v) is 6.60. The van der Waals surface area contributed by atoms with Crippen LogP contribution in [-0.4, -0.2) is 29.9 Å². The summed E-state index contributed by atoms with van der Waals surface area (Å²) < 4.78 is 0. The molecular formula is C6H7N2OS. The van der Waals surface area contributed by atoms with Crippen LogP contribution in [0.2, 0.25) is 0 Å². The van der Waals surface area contributed by atoms with Crippen molar-refractivity contribution >= 4 is 17.2 Å². The van der Waals surface area contributed by atoms with E-state index in [0.717, 1.165) is 0 Å². The molecule has 0 atom stereocenters. The number of thiazole rings is 1. The molecule has 1 amide bonds. The Balaban J connectivity index is 2.78. The monoisotopic (exact) mass is 155 g/mol. The maximum Gasteiger partial charge on any atom is 0.272 e. The van der Waals surface area contributed by atoms with Gasteiger partial charge in [0.2, 0.25) is 0 Å². The van der Waals surface area contributed by atoms with Crippen LogP contribution in [0.5, 0.6) is 0 Å². The van der Waals surface area contributed by atoms with E-state index in [1.165, 1.54) is 16.2 Å². The lowest BCUT2D eigenvalue weighted by molar-refractivity contribution is 0.0822. The van der Waals surface area contributed by atoms with Crippen molar-refractivity contribution in [3.63, 3.8) is 0 Å². The Labute approximate surface area is 63.3 Å². The Morgan fingerprint density at radius 1 is 1.80 bits per heavy atom. The van der Waals surface area contributed by atoms with Gasteiger partial charge in [-0.15, -0.1) is 11.3 Å². The lowest BCUT2D eigenvalue weighted by atomic mass is 10.4. The zero-order valence-electron chi connectivity index (χ0n) is 5.79. The third kappa shape index (κ3) is 1.33. The van der Waals surface area contributed by atoms with Crippen LogP contribution in [-0.2, 0) is 0 Å². The molecule has 0 N–H and O–H groups in total. The second kappa shape index (κ2) is 2.79. The quantitative estimate of drug-likeness (QED) is 0.596. The van der Waals surface area contributed by atoms with Gasteiger partial charge in [0.1, 0.15) is 5.69 Å². The Bertz CT molecular complexity index is 218. The molecule has 0 aliphatic carbocycles. The first-order valence-electron chi connectivity index (χ1n) is 2.75. The number of nitrogens with zero attached hydrogens (tertiary/aromatic N) is 2. The van der Waals surface area contributed by atoms with Crippen LogP contribution in [0.15, 0.2) is 5.38 Å². The molecular weight excluding hydrogens is 148 g/mol.